The Morgan fingerprint density at radius 3 is 1.63 bits per heavy atom. The number of imide groups is 1. The molecule has 73 heavy (non-hydrogen) atoms. The van der Waals surface area contributed by atoms with E-state index in [1.807, 2.05) is 12.1 Å². The van der Waals surface area contributed by atoms with E-state index in [4.69, 9.17) is 9.29 Å². The van der Waals surface area contributed by atoms with Crippen LogP contribution in [0.1, 0.15) is 77.1 Å². The van der Waals surface area contributed by atoms with Crippen molar-refractivity contribution >= 4 is 78.4 Å². The Balaban J connectivity index is 0.827. The van der Waals surface area contributed by atoms with Crippen molar-refractivity contribution < 1.29 is 32.1 Å². The van der Waals surface area contributed by atoms with Gasteiger partial charge in [0.2, 0.25) is 0 Å². The molecule has 9 nitrogen and oxygen atoms in total. The van der Waals surface area contributed by atoms with Gasteiger partial charge in [0.15, 0.2) is 0 Å². The van der Waals surface area contributed by atoms with Crippen molar-refractivity contribution in [2.45, 2.75) is 44.9 Å². The minimum absolute atomic E-state index is 0.123. The molecular weight excluding hydrogens is 969 g/mol. The van der Waals surface area contributed by atoms with Crippen LogP contribution in [0.25, 0.3) is 63.7 Å². The number of nitrogens with zero attached hydrogens (tertiary/aromatic N) is 2. The van der Waals surface area contributed by atoms with Gasteiger partial charge in [0, 0.05) is 63.9 Å². The van der Waals surface area contributed by atoms with Gasteiger partial charge in [-0.3, -0.25) is 23.8 Å². The van der Waals surface area contributed by atoms with E-state index >= 15 is 0 Å². The smallest absolute Gasteiger partial charge is 0.326 e. The largest absolute Gasteiger partial charge is 0.464 e. The highest BCUT2D eigenvalue weighted by atomic mass is 32.2. The van der Waals surface area contributed by atoms with E-state index in [1.165, 1.54) is 44.5 Å². The van der Waals surface area contributed by atoms with E-state index in [0.29, 0.717) is 16.5 Å². The molecule has 0 radical (unpaired) electrons. The molecule has 1 N–H and O–H groups in total. The molecular formula is C61H48N2O7S3. The molecule has 362 valence electrons. The van der Waals surface area contributed by atoms with Gasteiger partial charge in [0.1, 0.15) is 6.54 Å². The summed E-state index contributed by atoms with van der Waals surface area (Å²) in [7, 11) is -4.21. The fraction of sp³-hybridized carbons (Fsp3) is 0.164. The third-order valence-corrected chi connectivity index (χ3v) is 18.1. The number of hydrogen-bond acceptors (Lipinski definition) is 9. The summed E-state index contributed by atoms with van der Waals surface area (Å²) < 4.78 is 36.1. The number of carbonyl (C=O) groups excluding carboxylic acids is 3. The number of esters is 1. The molecule has 0 saturated carbocycles. The summed E-state index contributed by atoms with van der Waals surface area (Å²) in [6.45, 7) is 8.39. The predicted molar refractivity (Wildman–Crippen MR) is 293 cm³/mol. The van der Waals surface area contributed by atoms with Crippen molar-refractivity contribution in [1.29, 1.82) is 0 Å². The summed E-state index contributed by atoms with van der Waals surface area (Å²) >= 11 is 3.37. The number of amides is 2. The maximum atomic E-state index is 13.7. The Kier molecular flexibility index (Phi) is 11.1. The number of benzene rings is 7. The summed E-state index contributed by atoms with van der Waals surface area (Å²) in [6, 6.07) is 57.8. The Hall–Kier alpha value is -7.48. The number of thiophene rings is 2. The first-order valence-electron chi connectivity index (χ1n) is 24.2. The zero-order valence-corrected chi connectivity index (χ0v) is 42.9. The molecule has 1 aliphatic heterocycles. The van der Waals surface area contributed by atoms with E-state index < -0.39 is 40.2 Å². The maximum absolute atomic E-state index is 13.7. The van der Waals surface area contributed by atoms with Gasteiger partial charge in [0.05, 0.1) is 12.4 Å². The number of anilines is 3. The van der Waals surface area contributed by atoms with Gasteiger partial charge in [-0.2, -0.15) is 8.42 Å². The minimum atomic E-state index is -4.21. The molecule has 2 aromatic heterocycles. The Morgan fingerprint density at radius 1 is 0.548 bits per heavy atom. The molecule has 2 amide bonds. The monoisotopic (exact) mass is 1020 g/mol. The molecule has 3 aliphatic rings. The molecule has 3 heterocycles. The van der Waals surface area contributed by atoms with Crippen LogP contribution < -0.4 is 4.90 Å². The average molecular weight is 1020 g/mol. The van der Waals surface area contributed by atoms with Crippen LogP contribution in [0, 0.1) is 0 Å². The Morgan fingerprint density at radius 2 is 1.03 bits per heavy atom. The fourth-order valence-electron chi connectivity index (χ4n) is 11.2. The summed E-state index contributed by atoms with van der Waals surface area (Å²) in [5, 5.41) is 1.28. The lowest BCUT2D eigenvalue weighted by atomic mass is 9.82. The van der Waals surface area contributed by atoms with E-state index in [9.17, 15) is 22.8 Å². The first-order chi connectivity index (χ1) is 35.1. The molecule has 12 rings (SSSR count). The van der Waals surface area contributed by atoms with Crippen LogP contribution in [0.2, 0.25) is 0 Å². The lowest BCUT2D eigenvalue weighted by molar-refractivity contribution is -0.143. The van der Waals surface area contributed by atoms with Crippen molar-refractivity contribution in [3.05, 3.63) is 197 Å². The zero-order chi connectivity index (χ0) is 50.6. The number of ether oxygens (including phenoxy) is 1. The van der Waals surface area contributed by atoms with Gasteiger partial charge in [-0.25, -0.2) is 0 Å². The average Bonchev–Trinajstić information content (AvgIpc) is 4.17. The van der Waals surface area contributed by atoms with Crippen molar-refractivity contribution in [3.63, 3.8) is 0 Å². The molecule has 0 spiro atoms. The fourth-order valence-corrected chi connectivity index (χ4v) is 13.9. The first-order valence-corrected chi connectivity index (χ1v) is 27.4. The first kappa shape index (κ1) is 46.6. The number of rotatable bonds is 12. The van der Waals surface area contributed by atoms with Crippen LogP contribution in [-0.2, 0) is 30.5 Å². The molecule has 2 aliphatic carbocycles. The second kappa shape index (κ2) is 17.3. The summed E-state index contributed by atoms with van der Waals surface area (Å²) in [5.41, 5.74) is 16.1. The summed E-state index contributed by atoms with van der Waals surface area (Å²) in [6.07, 6.45) is -0.123. The molecule has 0 fully saturated rings. The predicted octanol–water partition coefficient (Wildman–Crippen LogP) is 14.5. The lowest BCUT2D eigenvalue weighted by Gasteiger charge is -2.30. The van der Waals surface area contributed by atoms with Gasteiger partial charge < -0.3 is 9.64 Å². The van der Waals surface area contributed by atoms with Crippen LogP contribution in [0.3, 0.4) is 0 Å². The van der Waals surface area contributed by atoms with Crippen LogP contribution >= 0.6 is 22.7 Å². The number of hydrogen-bond donors (Lipinski definition) is 1. The molecule has 12 heteroatoms. The van der Waals surface area contributed by atoms with Crippen LogP contribution in [-0.4, -0.2) is 54.6 Å². The number of fused-ring (bicyclic) bond motifs is 6. The molecule has 7 aromatic carbocycles. The quantitative estimate of drug-likeness (QED) is 0.0556. The number of carbonyl (C=O) groups is 3. The second-order valence-electron chi connectivity index (χ2n) is 20.0. The molecule has 0 atom stereocenters. The van der Waals surface area contributed by atoms with Crippen molar-refractivity contribution in [3.8, 4) is 52.9 Å². The van der Waals surface area contributed by atoms with Gasteiger partial charge in [-0.15, -0.1) is 22.7 Å². The minimum Gasteiger partial charge on any atom is -0.464 e. The Bertz CT molecular complexity index is 3770. The molecule has 0 saturated heterocycles. The zero-order valence-electron chi connectivity index (χ0n) is 40.4. The Labute approximate surface area is 431 Å². The third-order valence-electron chi connectivity index (χ3n) is 14.9. The van der Waals surface area contributed by atoms with Gasteiger partial charge in [0.25, 0.3) is 21.9 Å². The SMILES string of the molecule is CC1(C)c2ccccc2-c2ccc(N(c3ccc(-c4ccc(-c5ccc(-c6ccc7c8c(cccc68)C(=O)N(CC(=O)OCCCS(=O)(=O)O)C7=O)s5)s4)cc3)c3ccc4c(c3)C(C)(C)c3ccccc3-4)cc21. The highest BCUT2D eigenvalue weighted by molar-refractivity contribution is 7.85. The molecule has 0 bridgehead atoms. The standard InChI is InChI=1S/C61H48N2O7S3/c1-60(2)48-15-7-5-11-40(48)42-23-21-38(33-50(42)60)63(39-22-24-43-41-12-6-8-16-49(41)61(3,4)51(43)34-39)37-19-17-36(18-20-37)52-27-29-54(71-52)55-30-28-53(72-55)44-25-26-47-57-45(44)13-9-14-46(57)58(65)62(59(47)66)35-56(64)70-31-10-32-73(67,68)69/h5-9,11-30,33-34H,10,31-32,35H2,1-4H3,(H,67,68,69). The molecule has 0 unspecified atom stereocenters. The van der Waals surface area contributed by atoms with Crippen LogP contribution in [0.5, 0.6) is 0 Å². The van der Waals surface area contributed by atoms with Gasteiger partial charge >= 0.3 is 5.97 Å². The van der Waals surface area contributed by atoms with Crippen molar-refractivity contribution in [2.24, 2.45) is 0 Å². The highest BCUT2D eigenvalue weighted by Gasteiger charge is 2.39. The van der Waals surface area contributed by atoms with E-state index in [1.54, 1.807) is 40.9 Å². The normalized spacial score (nSPS) is 14.7. The summed E-state index contributed by atoms with van der Waals surface area (Å²) in [4.78, 5) is 47.6. The topological polar surface area (TPSA) is 121 Å². The second-order valence-corrected chi connectivity index (χ2v) is 23.7. The highest BCUT2D eigenvalue weighted by Crippen LogP contribution is 2.53. The van der Waals surface area contributed by atoms with Crippen LogP contribution in [0.4, 0.5) is 17.1 Å². The van der Waals surface area contributed by atoms with E-state index in [-0.39, 0.29) is 23.9 Å². The van der Waals surface area contributed by atoms with Crippen molar-refractivity contribution in [1.82, 2.24) is 4.90 Å². The third kappa shape index (κ3) is 7.83. The molecule has 9 aromatic rings. The van der Waals surface area contributed by atoms with E-state index in [0.717, 1.165) is 58.0 Å². The maximum Gasteiger partial charge on any atom is 0.326 e. The van der Waals surface area contributed by atoms with Crippen molar-refractivity contribution in [2.75, 3.05) is 23.8 Å². The van der Waals surface area contributed by atoms with Gasteiger partial charge in [-0.05, 0) is 140 Å². The van der Waals surface area contributed by atoms with Gasteiger partial charge in [-0.1, -0.05) is 119 Å². The summed E-state index contributed by atoms with van der Waals surface area (Å²) in [5.74, 6) is -2.68. The lowest BCUT2D eigenvalue weighted by Crippen LogP contribution is -2.43. The van der Waals surface area contributed by atoms with E-state index in [2.05, 4.69) is 166 Å². The van der Waals surface area contributed by atoms with Crippen LogP contribution in [0.15, 0.2) is 164 Å².